The average Bonchev–Trinajstić information content (AvgIpc) is 2.98. The Morgan fingerprint density at radius 1 is 1.25 bits per heavy atom. The Balaban J connectivity index is 1.86. The first-order chi connectivity index (χ1) is 7.76. The summed E-state index contributed by atoms with van der Waals surface area (Å²) in [7, 11) is 1.60. The van der Waals surface area contributed by atoms with Crippen LogP contribution < -0.4 is 10.5 Å². The van der Waals surface area contributed by atoms with E-state index in [1.54, 1.807) is 7.11 Å². The molecule has 4 nitrogen and oxygen atoms in total. The SMILES string of the molecule is COc1ccc(C2(N)C3CCCCC32)nn1. The number of methoxy groups -OCH3 is 1. The molecule has 0 aromatic carbocycles. The number of rotatable bonds is 2. The van der Waals surface area contributed by atoms with E-state index in [4.69, 9.17) is 10.5 Å². The van der Waals surface area contributed by atoms with Crippen LogP contribution in [0.4, 0.5) is 0 Å². The van der Waals surface area contributed by atoms with E-state index >= 15 is 0 Å². The number of aromatic nitrogens is 2. The van der Waals surface area contributed by atoms with Gasteiger partial charge < -0.3 is 10.5 Å². The molecule has 2 fully saturated rings. The van der Waals surface area contributed by atoms with Crippen molar-refractivity contribution in [3.63, 3.8) is 0 Å². The van der Waals surface area contributed by atoms with Gasteiger partial charge in [0.25, 0.3) is 0 Å². The summed E-state index contributed by atoms with van der Waals surface area (Å²) in [5.41, 5.74) is 7.20. The second kappa shape index (κ2) is 3.42. The third-order valence-electron chi connectivity index (χ3n) is 4.18. The highest BCUT2D eigenvalue weighted by molar-refractivity contribution is 5.30. The second-order valence-corrected chi connectivity index (χ2v) is 4.89. The van der Waals surface area contributed by atoms with Crippen molar-refractivity contribution in [2.45, 2.75) is 31.2 Å². The van der Waals surface area contributed by atoms with Gasteiger partial charge in [0.05, 0.1) is 18.3 Å². The van der Waals surface area contributed by atoms with Gasteiger partial charge in [-0.3, -0.25) is 0 Å². The van der Waals surface area contributed by atoms with Crippen molar-refractivity contribution in [2.24, 2.45) is 17.6 Å². The molecule has 2 aliphatic carbocycles. The average molecular weight is 219 g/mol. The predicted molar refractivity (Wildman–Crippen MR) is 59.9 cm³/mol. The highest BCUT2D eigenvalue weighted by Crippen LogP contribution is 2.62. The number of fused-ring (bicyclic) bond motifs is 1. The van der Waals surface area contributed by atoms with Crippen LogP contribution in [0.15, 0.2) is 12.1 Å². The minimum absolute atomic E-state index is 0.199. The highest BCUT2D eigenvalue weighted by Gasteiger charge is 2.63. The quantitative estimate of drug-likeness (QED) is 0.818. The summed E-state index contributed by atoms with van der Waals surface area (Å²) in [5.74, 6) is 1.81. The van der Waals surface area contributed by atoms with E-state index in [2.05, 4.69) is 10.2 Å². The molecule has 2 atom stereocenters. The molecule has 0 amide bonds. The van der Waals surface area contributed by atoms with E-state index in [0.717, 1.165) is 5.69 Å². The Kier molecular flexibility index (Phi) is 2.14. The van der Waals surface area contributed by atoms with Crippen LogP contribution in [-0.4, -0.2) is 17.3 Å². The van der Waals surface area contributed by atoms with Crippen LogP contribution in [0.1, 0.15) is 31.4 Å². The molecule has 0 aliphatic heterocycles. The van der Waals surface area contributed by atoms with Crippen molar-refractivity contribution in [2.75, 3.05) is 7.11 Å². The molecule has 16 heavy (non-hydrogen) atoms. The Morgan fingerprint density at radius 2 is 1.94 bits per heavy atom. The summed E-state index contributed by atoms with van der Waals surface area (Å²) in [6, 6.07) is 3.81. The first-order valence-corrected chi connectivity index (χ1v) is 5.94. The third kappa shape index (κ3) is 1.26. The van der Waals surface area contributed by atoms with Gasteiger partial charge in [-0.05, 0) is 30.7 Å². The molecule has 3 rings (SSSR count). The van der Waals surface area contributed by atoms with Gasteiger partial charge in [-0.25, -0.2) is 0 Å². The van der Waals surface area contributed by atoms with Crippen molar-refractivity contribution in [3.8, 4) is 5.88 Å². The van der Waals surface area contributed by atoms with Gasteiger partial charge >= 0.3 is 0 Å². The number of hydrogen-bond donors (Lipinski definition) is 1. The van der Waals surface area contributed by atoms with Crippen molar-refractivity contribution in [3.05, 3.63) is 17.8 Å². The lowest BCUT2D eigenvalue weighted by Gasteiger charge is -2.10. The molecule has 0 radical (unpaired) electrons. The first kappa shape index (κ1) is 10.0. The van der Waals surface area contributed by atoms with Gasteiger partial charge in [-0.15, -0.1) is 10.2 Å². The fourth-order valence-electron chi connectivity index (χ4n) is 3.21. The highest BCUT2D eigenvalue weighted by atomic mass is 16.5. The fraction of sp³-hybridized carbons (Fsp3) is 0.667. The normalized spacial score (nSPS) is 36.6. The summed E-state index contributed by atoms with van der Waals surface area (Å²) in [6.45, 7) is 0. The Hall–Kier alpha value is -1.16. The molecule has 2 unspecified atom stereocenters. The zero-order valence-corrected chi connectivity index (χ0v) is 9.52. The van der Waals surface area contributed by atoms with Crippen LogP contribution in [-0.2, 0) is 5.54 Å². The lowest BCUT2D eigenvalue weighted by atomic mass is 10.0. The number of hydrogen-bond acceptors (Lipinski definition) is 4. The summed E-state index contributed by atoms with van der Waals surface area (Å²) >= 11 is 0. The zero-order valence-electron chi connectivity index (χ0n) is 9.52. The molecule has 2 N–H and O–H groups in total. The molecule has 4 heteroatoms. The van der Waals surface area contributed by atoms with Crippen LogP contribution in [0.5, 0.6) is 5.88 Å². The summed E-state index contributed by atoms with van der Waals surface area (Å²) in [6.07, 6.45) is 5.11. The van der Waals surface area contributed by atoms with E-state index in [1.165, 1.54) is 25.7 Å². The largest absolute Gasteiger partial charge is 0.480 e. The fourth-order valence-corrected chi connectivity index (χ4v) is 3.21. The lowest BCUT2D eigenvalue weighted by Crippen LogP contribution is -2.25. The van der Waals surface area contributed by atoms with E-state index in [0.29, 0.717) is 17.7 Å². The van der Waals surface area contributed by atoms with Crippen LogP contribution in [0.2, 0.25) is 0 Å². The molecule has 2 aliphatic rings. The third-order valence-corrected chi connectivity index (χ3v) is 4.18. The predicted octanol–water partition coefficient (Wildman–Crippen LogP) is 1.46. The summed E-state index contributed by atoms with van der Waals surface area (Å²) < 4.78 is 5.01. The number of nitrogens with zero attached hydrogens (tertiary/aromatic N) is 2. The van der Waals surface area contributed by atoms with Gasteiger partial charge in [0, 0.05) is 6.07 Å². The van der Waals surface area contributed by atoms with Crippen molar-refractivity contribution in [1.82, 2.24) is 10.2 Å². The van der Waals surface area contributed by atoms with Crippen molar-refractivity contribution in [1.29, 1.82) is 0 Å². The Labute approximate surface area is 95.2 Å². The smallest absolute Gasteiger partial charge is 0.233 e. The van der Waals surface area contributed by atoms with Crippen molar-refractivity contribution >= 4 is 0 Å². The molecule has 0 bridgehead atoms. The van der Waals surface area contributed by atoms with E-state index in [9.17, 15) is 0 Å². The standard InChI is InChI=1S/C12H17N3O/c1-16-11-7-6-10(14-15-11)12(13)8-4-2-3-5-9(8)12/h6-9H,2-5,13H2,1H3. The number of ether oxygens (including phenoxy) is 1. The topological polar surface area (TPSA) is 61.0 Å². The Morgan fingerprint density at radius 3 is 2.44 bits per heavy atom. The molecule has 86 valence electrons. The van der Waals surface area contributed by atoms with Crippen LogP contribution in [0, 0.1) is 11.8 Å². The maximum atomic E-state index is 6.47. The molecule has 0 spiro atoms. The van der Waals surface area contributed by atoms with Gasteiger partial charge in [-0.2, -0.15) is 0 Å². The van der Waals surface area contributed by atoms with Crippen LogP contribution in [0.3, 0.4) is 0 Å². The molecule has 1 aromatic rings. The lowest BCUT2D eigenvalue weighted by molar-refractivity contribution is 0.389. The van der Waals surface area contributed by atoms with Crippen LogP contribution in [0.25, 0.3) is 0 Å². The van der Waals surface area contributed by atoms with Gasteiger partial charge in [-0.1, -0.05) is 12.8 Å². The molecular formula is C12H17N3O. The van der Waals surface area contributed by atoms with E-state index < -0.39 is 0 Å². The van der Waals surface area contributed by atoms with Gasteiger partial charge in [0.15, 0.2) is 0 Å². The minimum Gasteiger partial charge on any atom is -0.480 e. The van der Waals surface area contributed by atoms with Gasteiger partial charge in [0.2, 0.25) is 5.88 Å². The summed E-state index contributed by atoms with van der Waals surface area (Å²) in [5, 5.41) is 8.22. The molecular weight excluding hydrogens is 202 g/mol. The Bertz CT molecular complexity index is 378. The van der Waals surface area contributed by atoms with E-state index in [-0.39, 0.29) is 5.54 Å². The molecule has 1 heterocycles. The monoisotopic (exact) mass is 219 g/mol. The zero-order chi connectivity index (χ0) is 11.2. The molecule has 2 saturated carbocycles. The van der Waals surface area contributed by atoms with Crippen LogP contribution >= 0.6 is 0 Å². The number of nitrogens with two attached hydrogens (primary N) is 1. The minimum atomic E-state index is -0.199. The van der Waals surface area contributed by atoms with Crippen molar-refractivity contribution < 1.29 is 4.74 Å². The maximum absolute atomic E-state index is 6.47. The maximum Gasteiger partial charge on any atom is 0.233 e. The van der Waals surface area contributed by atoms with Gasteiger partial charge in [0.1, 0.15) is 0 Å². The molecule has 1 aromatic heterocycles. The van der Waals surface area contributed by atoms with E-state index in [1.807, 2.05) is 12.1 Å². The molecule has 0 saturated heterocycles. The summed E-state index contributed by atoms with van der Waals surface area (Å²) in [4.78, 5) is 0. The second-order valence-electron chi connectivity index (χ2n) is 4.89. The first-order valence-electron chi connectivity index (χ1n) is 5.94.